The summed E-state index contributed by atoms with van der Waals surface area (Å²) in [6.07, 6.45) is -57.2. The van der Waals surface area contributed by atoms with Crippen molar-refractivity contribution in [3.05, 3.63) is 69.6 Å². The first-order chi connectivity index (χ1) is 76.4. The van der Waals surface area contributed by atoms with Gasteiger partial charge in [-0.25, -0.2) is 0 Å². The Kier molecular flexibility index (Phi) is 6.78. The summed E-state index contributed by atoms with van der Waals surface area (Å²) in [4.78, 5) is 39.7. The van der Waals surface area contributed by atoms with Crippen LogP contribution in [-0.4, -0.2) is 144 Å². The molecule has 0 bridgehead atoms. The molecule has 90 heavy (non-hydrogen) atoms. The lowest BCUT2D eigenvalue weighted by Gasteiger charge is -2.47. The number of piperidine rings is 3. The number of esters is 3. The van der Waals surface area contributed by atoms with E-state index >= 15 is 0 Å². The molecule has 3 saturated heterocycles. The van der Waals surface area contributed by atoms with Crippen LogP contribution in [0.3, 0.4) is 0 Å². The summed E-state index contributed by atoms with van der Waals surface area (Å²) in [5, 5.41) is 0. The van der Waals surface area contributed by atoms with E-state index < -0.39 is 416 Å². The smallest absolute Gasteiger partial charge is 0.323 e. The topological polar surface area (TPSA) is 196 Å². The van der Waals surface area contributed by atoms with Gasteiger partial charge in [0.2, 0.25) is 0 Å². The number of rotatable bonds is 21. The van der Waals surface area contributed by atoms with Gasteiger partial charge < -0.3 is 54.1 Å². The lowest BCUT2D eigenvalue weighted by Crippen LogP contribution is -2.51. The molecular formula is C73H115N5O12. The second-order valence-corrected chi connectivity index (χ2v) is 17.6. The van der Waals surface area contributed by atoms with E-state index in [0.29, 0.717) is 14.2 Å². The van der Waals surface area contributed by atoms with Crippen LogP contribution >= 0.6 is 0 Å². The van der Waals surface area contributed by atoms with Crippen LogP contribution in [0.15, 0.2) is 36.3 Å². The van der Waals surface area contributed by atoms with Crippen LogP contribution in [-0.2, 0) is 47.7 Å². The molecule has 504 valence electrons. The van der Waals surface area contributed by atoms with E-state index in [2.05, 4.69) is 0 Å². The van der Waals surface area contributed by atoms with Crippen molar-refractivity contribution >= 4 is 17.9 Å². The third-order valence-electron chi connectivity index (χ3n) is 11.3. The Balaban J connectivity index is 0.000000355. The fourth-order valence-electron chi connectivity index (χ4n) is 7.19. The highest BCUT2D eigenvalue weighted by Crippen LogP contribution is 2.48. The number of carbonyl (C=O) groups is 3. The number of methoxy groups -OCH3 is 6. The summed E-state index contributed by atoms with van der Waals surface area (Å²) >= 11 is 0. The van der Waals surface area contributed by atoms with Crippen molar-refractivity contribution in [2.24, 2.45) is 70.4 Å². The zero-order chi connectivity index (χ0) is 142. The molecule has 6 heterocycles. The first-order valence-electron chi connectivity index (χ1n) is 68.2. The normalized spacial score (nSPS) is 58.5. The maximum atomic E-state index is 14.2. The zero-order valence-corrected chi connectivity index (χ0v) is 47.9. The average Bonchev–Trinajstić information content (AvgIpc) is 0.630. The van der Waals surface area contributed by atoms with Gasteiger partial charge >= 0.3 is 17.9 Å². The van der Waals surface area contributed by atoms with Gasteiger partial charge in [0.05, 0.1) is 75.8 Å². The standard InChI is InChI=1S/C25H39NO4.2C24H38N2O4/c1-15(2)10-19-14-26-9-8-18-11-23(28-6)24(29-7)12-20(18)21(26)13-22(19)30-25(27)17(5)16(3)4;2*1-14(2)9-17-13-26-8-7-16-10-21(28-5)22(29-6)11-18(16)19(26)12-20(17)30-24(27)23(25)15(3)4/h11-12,15-17,19,21-22H,8-10,13-14H2,1-7H3;2*10-11,14-15,17,19-20,23H,7-9,12-13,25H2,1-6H3/t17-,19?,21?,22?;2*17?,19?,20?,23-/m000/s1/i1D3,3D3,4D3,6D3,8D2,9D2,10D2,11D,12D,13D2,14D2,15D,16D,17D,19D,21D,22D;1D3,3D3,4D3,5D3,7D2,8D2,9D2,10D,11D,12D2,13D2,14D,15D,17D,19D,20D,23D;1D3,3D3,4D3,7D2,8D2,9D2,10D,11D,12D2,13D2,14D,15D,17D,19D,20D,23D/t15?,17-,19?,21?,22?;2*14?,17?,19?,20?,23-. The van der Waals surface area contributed by atoms with Gasteiger partial charge in [0.25, 0.3) is 0 Å². The van der Waals surface area contributed by atoms with E-state index in [9.17, 15) is 43.2 Å². The third kappa shape index (κ3) is 17.5. The van der Waals surface area contributed by atoms with Gasteiger partial charge in [-0.1, -0.05) is 89.4 Å². The number of hydrogen-bond acceptors (Lipinski definition) is 17. The van der Waals surface area contributed by atoms with Gasteiger partial charge in [-0.05, 0) is 143 Å². The molecule has 0 saturated carbocycles. The molecule has 4 N–H and O–H groups in total. The number of hydrogen-bond donors (Lipinski definition) is 2. The Labute approximate surface area is 662 Å². The molecule has 0 spiro atoms. The summed E-state index contributed by atoms with van der Waals surface area (Å²) in [6.45, 7) is -65.6. The Hall–Kier alpha value is -5.33. The molecule has 17 nitrogen and oxygen atoms in total. The minimum Gasteiger partial charge on any atom is -0.493 e. The molecule has 6 aliphatic heterocycles. The van der Waals surface area contributed by atoms with Crippen molar-refractivity contribution in [2.75, 3.05) is 81.5 Å². The van der Waals surface area contributed by atoms with Gasteiger partial charge in [0.1, 0.15) is 30.3 Å². The molecule has 3 aromatic rings. The van der Waals surface area contributed by atoms with Crippen molar-refractivity contribution in [3.8, 4) is 34.5 Å². The Morgan fingerprint density at radius 3 is 1.09 bits per heavy atom. The Morgan fingerprint density at radius 1 is 0.500 bits per heavy atom. The number of benzene rings is 3. The van der Waals surface area contributed by atoms with E-state index in [4.69, 9.17) is 145 Å². The quantitative estimate of drug-likeness (QED) is 0.0754. The van der Waals surface area contributed by atoms with Crippen molar-refractivity contribution in [2.45, 2.75) is 195 Å². The molecule has 0 aliphatic carbocycles. The van der Waals surface area contributed by atoms with E-state index in [1.54, 1.807) is 0 Å². The molecule has 12 unspecified atom stereocenters. The molecule has 9 rings (SSSR count). The number of nitrogens with zero attached hydrogens (tertiary/aromatic N) is 3. The maximum Gasteiger partial charge on any atom is 0.323 e. The summed E-state index contributed by atoms with van der Waals surface area (Å²) in [5.74, 6) is -61.2. The lowest BCUT2D eigenvalue weighted by molar-refractivity contribution is -0.163. The minimum atomic E-state index is -5.28. The van der Waals surface area contributed by atoms with E-state index in [1.807, 2.05) is 0 Å². The van der Waals surface area contributed by atoms with Crippen LogP contribution < -0.4 is 39.9 Å². The molecule has 3 fully saturated rings. The Bertz CT molecular complexity index is 6610. The van der Waals surface area contributed by atoms with Crippen molar-refractivity contribution in [1.82, 2.24) is 14.7 Å². The van der Waals surface area contributed by atoms with Gasteiger partial charge in [0, 0.05) is 186 Å². The molecule has 0 amide bonds. The first kappa shape index (κ1) is 18.8. The SMILES string of the molecule is [2H]c1c(OC([2H])([2H])[2H])c(OC)c([2H])c2c1C([2H])([2H])C([2H])([2H])N1C([2H])([2H])C([2H])(C([2H])([2H])C([2H])(C)C([2H])([2H])[2H])C([2H])(OC(=O)[C@@]([2H])(C)C([2H])(C([2H])([2H])[2H])C([2H])([2H])[2H])C([2H])([2H])C21[2H].[2H]c1c(OC([2H])([2H])[2H])c(OC)c([2H])c2c1C([2H])([2H])C([2H])([2H])N1C([2H])([2H])C([2H])(C([2H])([2H])C([2H])(C)C([2H])([2H])[2H])C([2H])(OC(=O)[C@@]([2H])(N)C([2H])(C([2H])([2H])[2H])C([2H])([2H])[2H])C([2H])([2H])C21[2H].[2H]c1c(OC)c(OC)c([2H])c2c1C([2H])([2H])C([2H])([2H])N1C([2H])([2H])C([2H])(C([2H])([2H])C([2H])(C)C([2H])([2H])[2H])C([2H])(OC(=O)[C@@]([2H])(N)C([2H])(C([2H])([2H])[2H])C([2H])([2H])[2H])C([2H])([2H])C21[2H]. The molecule has 0 aromatic heterocycles. The van der Waals surface area contributed by atoms with E-state index in [-0.39, 0.29) is 27.7 Å². The number of nitrogens with two attached hydrogens (primary N) is 2. The lowest BCUT2D eigenvalue weighted by atomic mass is 9.79. The van der Waals surface area contributed by atoms with Gasteiger partial charge in [0.15, 0.2) is 34.5 Å². The molecule has 15 atom stereocenters. The second kappa shape index (κ2) is 32.5. The van der Waals surface area contributed by atoms with Gasteiger partial charge in [-0.3, -0.25) is 29.1 Å². The highest BCUT2D eigenvalue weighted by molar-refractivity contribution is 5.76. The minimum absolute atomic E-state index is 0.0756. The van der Waals surface area contributed by atoms with Crippen LogP contribution in [0, 0.1) is 58.9 Å². The van der Waals surface area contributed by atoms with Crippen LogP contribution in [0.5, 0.6) is 34.5 Å². The predicted octanol–water partition coefficient (Wildman–Crippen LogP) is 12.0. The van der Waals surface area contributed by atoms with Crippen molar-refractivity contribution < 1.29 is 176 Å². The van der Waals surface area contributed by atoms with Crippen LogP contribution in [0.4, 0.5) is 0 Å². The monoisotopic (exact) mass is 1340 g/mol. The van der Waals surface area contributed by atoms with Crippen molar-refractivity contribution in [3.63, 3.8) is 0 Å². The van der Waals surface area contributed by atoms with Gasteiger partial charge in [-0.15, -0.1) is 0 Å². The van der Waals surface area contributed by atoms with Crippen LogP contribution in [0.25, 0.3) is 0 Å². The maximum absolute atomic E-state index is 14.2. The molecule has 6 aliphatic rings. The highest BCUT2D eigenvalue weighted by Gasteiger charge is 2.45. The first-order valence-corrected chi connectivity index (χ1v) is 24.7. The second-order valence-electron chi connectivity index (χ2n) is 17.6. The number of ether oxygens (including phenoxy) is 9. The molecule has 17 heteroatoms. The summed E-state index contributed by atoms with van der Waals surface area (Å²) in [5.41, 5.74) is 1.12. The highest BCUT2D eigenvalue weighted by atomic mass is 16.6. The number of carbonyl (C=O) groups excluding carboxylic acids is 3. The number of fused-ring (bicyclic) bond motifs is 9. The molecular weight excluding hydrogens is 1140 g/mol. The van der Waals surface area contributed by atoms with E-state index in [0.717, 1.165) is 14.2 Å². The van der Waals surface area contributed by atoms with Crippen molar-refractivity contribution in [1.29, 1.82) is 0 Å². The largest absolute Gasteiger partial charge is 0.493 e. The molecule has 0 radical (unpaired) electrons. The van der Waals surface area contributed by atoms with Gasteiger partial charge in [-0.2, -0.15) is 0 Å². The molecule has 3 aromatic carbocycles. The fourth-order valence-corrected chi connectivity index (χ4v) is 7.19. The summed E-state index contributed by atoms with van der Waals surface area (Å²) in [7, 11) is -4.10. The van der Waals surface area contributed by atoms with Crippen LogP contribution in [0.2, 0.25) is 0 Å². The van der Waals surface area contributed by atoms with E-state index in [1.165, 1.54) is 0 Å². The summed E-state index contributed by atoms with van der Waals surface area (Å²) < 4.78 is 787. The third-order valence-corrected chi connectivity index (χ3v) is 11.3. The fraction of sp³-hybridized carbons (Fsp3) is 0.712. The predicted molar refractivity (Wildman–Crippen MR) is 355 cm³/mol. The Morgan fingerprint density at radius 2 is 0.800 bits per heavy atom. The average molecular weight is 1340 g/mol. The summed E-state index contributed by atoms with van der Waals surface area (Å²) in [6, 6.07) is -32.0. The zero-order valence-electron chi connectivity index (χ0n) is 135. The van der Waals surface area contributed by atoms with Crippen LogP contribution in [0.1, 0.15) is 298 Å².